The number of rotatable bonds is 3. The molecule has 7 aromatic rings. The lowest BCUT2D eigenvalue weighted by atomic mass is 9.76. The smallest absolute Gasteiger partial charge is 0.162 e. The van der Waals surface area contributed by atoms with Crippen LogP contribution in [0.2, 0.25) is 0 Å². The Hall–Kier alpha value is -5.54. The van der Waals surface area contributed by atoms with Crippen molar-refractivity contribution in [2.24, 2.45) is 0 Å². The van der Waals surface area contributed by atoms with E-state index in [1.165, 1.54) is 66.7 Å². The van der Waals surface area contributed by atoms with Gasteiger partial charge in [0.25, 0.3) is 0 Å². The van der Waals surface area contributed by atoms with Crippen molar-refractivity contribution in [2.75, 3.05) is 0 Å². The number of aromatic nitrogens is 3. The van der Waals surface area contributed by atoms with Crippen LogP contribution < -0.4 is 0 Å². The van der Waals surface area contributed by atoms with E-state index in [0.29, 0.717) is 5.92 Å². The zero-order valence-corrected chi connectivity index (χ0v) is 29.3. The van der Waals surface area contributed by atoms with Gasteiger partial charge in [0.2, 0.25) is 0 Å². The molecule has 0 saturated carbocycles. The van der Waals surface area contributed by atoms with Gasteiger partial charge in [0, 0.05) is 50.6 Å². The summed E-state index contributed by atoms with van der Waals surface area (Å²) in [7, 11) is 0. The Balaban J connectivity index is 1.43. The van der Waals surface area contributed by atoms with E-state index in [1.54, 1.807) is 0 Å². The van der Waals surface area contributed by atoms with Gasteiger partial charge in [0.1, 0.15) is 5.82 Å². The molecule has 2 aromatic heterocycles. The highest BCUT2D eigenvalue weighted by Gasteiger charge is 2.48. The van der Waals surface area contributed by atoms with Gasteiger partial charge in [-0.3, -0.25) is 4.57 Å². The van der Waals surface area contributed by atoms with Crippen LogP contribution in [0.3, 0.4) is 0 Å². The molecule has 50 heavy (non-hydrogen) atoms. The molecular weight excluding hydrogens is 607 g/mol. The number of benzene rings is 5. The highest BCUT2D eigenvalue weighted by Crippen LogP contribution is 2.63. The molecule has 242 valence electrons. The number of fused-ring (bicyclic) bond motifs is 12. The molecule has 3 aliphatic rings. The maximum absolute atomic E-state index is 5.48. The van der Waals surface area contributed by atoms with Gasteiger partial charge in [-0.25, -0.2) is 9.97 Å². The Morgan fingerprint density at radius 2 is 1.20 bits per heavy atom. The molecular formula is C47H39N3. The van der Waals surface area contributed by atoms with E-state index >= 15 is 0 Å². The lowest BCUT2D eigenvalue weighted by Crippen LogP contribution is -2.19. The molecule has 0 saturated heterocycles. The van der Waals surface area contributed by atoms with Crippen LogP contribution in [-0.4, -0.2) is 14.5 Å². The first kappa shape index (κ1) is 29.4. The van der Waals surface area contributed by atoms with Crippen LogP contribution in [0.5, 0.6) is 0 Å². The van der Waals surface area contributed by atoms with Crippen molar-refractivity contribution in [3.05, 3.63) is 155 Å². The van der Waals surface area contributed by atoms with Crippen molar-refractivity contribution >= 4 is 17.0 Å². The zero-order valence-electron chi connectivity index (χ0n) is 29.3. The normalized spacial score (nSPS) is 17.3. The third kappa shape index (κ3) is 3.81. The fraction of sp³-hybridized carbons (Fsp3) is 0.191. The second-order valence-corrected chi connectivity index (χ2v) is 15.4. The molecule has 0 fully saturated rings. The Labute approximate surface area is 294 Å². The van der Waals surface area contributed by atoms with Gasteiger partial charge >= 0.3 is 0 Å². The third-order valence-electron chi connectivity index (χ3n) is 11.8. The van der Waals surface area contributed by atoms with Gasteiger partial charge in [0.05, 0.1) is 11.2 Å². The summed E-state index contributed by atoms with van der Waals surface area (Å²) in [6, 6.07) is 41.5. The number of hydrogen-bond donors (Lipinski definition) is 0. The van der Waals surface area contributed by atoms with Crippen LogP contribution >= 0.6 is 0 Å². The van der Waals surface area contributed by atoms with Crippen molar-refractivity contribution in [1.29, 1.82) is 0 Å². The van der Waals surface area contributed by atoms with E-state index in [1.807, 2.05) is 0 Å². The van der Waals surface area contributed by atoms with E-state index < -0.39 is 0 Å². The van der Waals surface area contributed by atoms with Crippen LogP contribution in [0.25, 0.3) is 67.7 Å². The summed E-state index contributed by atoms with van der Waals surface area (Å²) in [6.07, 6.45) is 5.78. The fourth-order valence-corrected chi connectivity index (χ4v) is 9.54. The highest BCUT2D eigenvalue weighted by molar-refractivity contribution is 6.13. The second-order valence-electron chi connectivity index (χ2n) is 15.4. The molecule has 0 spiro atoms. The van der Waals surface area contributed by atoms with E-state index in [4.69, 9.17) is 9.97 Å². The molecule has 0 N–H and O–H groups in total. The predicted octanol–water partition coefficient (Wildman–Crippen LogP) is 11.9. The van der Waals surface area contributed by atoms with Gasteiger partial charge in [-0.2, -0.15) is 0 Å². The molecule has 3 aliphatic carbocycles. The number of hydrogen-bond acceptors (Lipinski definition) is 2. The summed E-state index contributed by atoms with van der Waals surface area (Å²) in [5.41, 5.74) is 17.7. The first-order valence-electron chi connectivity index (χ1n) is 17.9. The average Bonchev–Trinajstić information content (AvgIpc) is 3.70. The molecule has 5 aromatic carbocycles. The lowest BCUT2D eigenvalue weighted by molar-refractivity contribution is 0.656. The second kappa shape index (κ2) is 10.2. The number of allylic oxidation sites excluding steroid dienone is 1. The summed E-state index contributed by atoms with van der Waals surface area (Å²) < 4.78 is 2.56. The summed E-state index contributed by atoms with van der Waals surface area (Å²) in [4.78, 5) is 10.7. The molecule has 1 unspecified atom stereocenters. The molecule has 2 heterocycles. The molecule has 0 radical (unpaired) electrons. The Kier molecular flexibility index (Phi) is 6.02. The molecule has 0 amide bonds. The van der Waals surface area contributed by atoms with Gasteiger partial charge in [-0.15, -0.1) is 0 Å². The predicted molar refractivity (Wildman–Crippen MR) is 207 cm³/mol. The van der Waals surface area contributed by atoms with Crippen molar-refractivity contribution < 1.29 is 0 Å². The SMILES string of the molecule is CC1CC=Cc2c1n(-c1cc(-c3ccccc3)nc(-c3ccccc3)n1)c1c3c(c4c(c21)C(C)(C)c1ccccc1-4)-c1ccccc1C3(C)C. The van der Waals surface area contributed by atoms with Gasteiger partial charge < -0.3 is 0 Å². The summed E-state index contributed by atoms with van der Waals surface area (Å²) >= 11 is 0. The van der Waals surface area contributed by atoms with Crippen molar-refractivity contribution in [3.8, 4) is 50.7 Å². The lowest BCUT2D eigenvalue weighted by Gasteiger charge is -2.27. The summed E-state index contributed by atoms with van der Waals surface area (Å²) in [6.45, 7) is 12.1. The largest absolute Gasteiger partial charge is 0.297 e. The Bertz CT molecular complexity index is 2510. The Morgan fingerprint density at radius 1 is 0.640 bits per heavy atom. The molecule has 1 atom stereocenters. The van der Waals surface area contributed by atoms with Crippen molar-refractivity contribution in [2.45, 2.75) is 57.8 Å². The van der Waals surface area contributed by atoms with Crippen LogP contribution in [0.4, 0.5) is 0 Å². The molecule has 0 bridgehead atoms. The minimum Gasteiger partial charge on any atom is -0.297 e. The maximum Gasteiger partial charge on any atom is 0.162 e. The monoisotopic (exact) mass is 645 g/mol. The van der Waals surface area contributed by atoms with Gasteiger partial charge in [-0.1, -0.05) is 156 Å². The topological polar surface area (TPSA) is 30.7 Å². The average molecular weight is 646 g/mol. The van der Waals surface area contributed by atoms with E-state index in [9.17, 15) is 0 Å². The zero-order chi connectivity index (χ0) is 33.9. The van der Waals surface area contributed by atoms with Crippen LogP contribution in [0.1, 0.15) is 80.5 Å². The summed E-state index contributed by atoms with van der Waals surface area (Å²) in [5, 5.41) is 1.37. The molecule has 10 rings (SSSR count). The Morgan fingerprint density at radius 3 is 1.86 bits per heavy atom. The van der Waals surface area contributed by atoms with E-state index in [2.05, 4.69) is 167 Å². The van der Waals surface area contributed by atoms with E-state index in [-0.39, 0.29) is 10.8 Å². The number of nitrogens with zero attached hydrogens (tertiary/aromatic N) is 3. The quantitative estimate of drug-likeness (QED) is 0.191. The first-order valence-corrected chi connectivity index (χ1v) is 17.9. The fourth-order valence-electron chi connectivity index (χ4n) is 9.54. The molecule has 0 aliphatic heterocycles. The van der Waals surface area contributed by atoms with Gasteiger partial charge in [-0.05, 0) is 50.9 Å². The van der Waals surface area contributed by atoms with Crippen molar-refractivity contribution in [3.63, 3.8) is 0 Å². The minimum atomic E-state index is -0.232. The molecule has 3 heteroatoms. The first-order chi connectivity index (χ1) is 24.3. The standard InChI is InChI=1S/C47H39N3/c1-28-17-16-24-33-40-41-38(31-22-12-14-25-34(31)46(41,2)3)39-32-23-13-15-26-35(32)47(4,5)42(39)44(40)50(43(28)33)37-27-36(29-18-8-6-9-19-29)48-45(49-37)30-20-10-7-11-21-30/h6-16,18-28H,17H2,1-5H3. The van der Waals surface area contributed by atoms with Crippen molar-refractivity contribution in [1.82, 2.24) is 14.5 Å². The van der Waals surface area contributed by atoms with Crippen LogP contribution in [0.15, 0.2) is 121 Å². The minimum absolute atomic E-state index is 0.189. The van der Waals surface area contributed by atoms with Crippen LogP contribution in [0, 0.1) is 0 Å². The highest BCUT2D eigenvalue weighted by atomic mass is 15.1. The third-order valence-corrected chi connectivity index (χ3v) is 11.8. The maximum atomic E-state index is 5.48. The molecule has 3 nitrogen and oxygen atoms in total. The van der Waals surface area contributed by atoms with Crippen LogP contribution in [-0.2, 0) is 10.8 Å². The van der Waals surface area contributed by atoms with Gasteiger partial charge in [0.15, 0.2) is 5.82 Å². The van der Waals surface area contributed by atoms with E-state index in [0.717, 1.165) is 34.9 Å². The summed E-state index contributed by atoms with van der Waals surface area (Å²) in [5.74, 6) is 1.97.